The van der Waals surface area contributed by atoms with Crippen LogP contribution < -0.4 is 4.90 Å². The summed E-state index contributed by atoms with van der Waals surface area (Å²) in [7, 11) is -3.56. The predicted molar refractivity (Wildman–Crippen MR) is 117 cm³/mol. The number of anilines is 1. The van der Waals surface area contributed by atoms with E-state index >= 15 is 0 Å². The maximum absolute atomic E-state index is 13.1. The second-order valence-electron chi connectivity index (χ2n) is 6.91. The van der Waals surface area contributed by atoms with Crippen LogP contribution in [0.25, 0.3) is 10.2 Å². The Balaban J connectivity index is 1.57. The average Bonchev–Trinajstić information content (AvgIpc) is 3.40. The first kappa shape index (κ1) is 20.3. The van der Waals surface area contributed by atoms with Crippen molar-refractivity contribution in [2.45, 2.75) is 24.8 Å². The molecule has 30 heavy (non-hydrogen) atoms. The van der Waals surface area contributed by atoms with Gasteiger partial charge in [-0.3, -0.25) is 9.69 Å². The Morgan fingerprint density at radius 3 is 2.53 bits per heavy atom. The molecule has 4 aromatic rings. The third-order valence-corrected chi connectivity index (χ3v) is 7.46. The summed E-state index contributed by atoms with van der Waals surface area (Å²) in [6, 6.07) is 17.8. The number of aryl methyl sites for hydroxylation is 1. The number of nitrogens with zero attached hydrogens (tertiary/aromatic N) is 2. The van der Waals surface area contributed by atoms with E-state index in [-0.39, 0.29) is 29.5 Å². The Hall–Kier alpha value is -2.97. The molecule has 0 aliphatic carbocycles. The van der Waals surface area contributed by atoms with Gasteiger partial charge in [0.05, 0.1) is 33.7 Å². The summed E-state index contributed by atoms with van der Waals surface area (Å²) in [6.45, 7) is 2.08. The molecule has 2 heterocycles. The van der Waals surface area contributed by atoms with Gasteiger partial charge in [-0.25, -0.2) is 13.4 Å². The molecule has 0 aliphatic heterocycles. The molecule has 0 saturated heterocycles. The van der Waals surface area contributed by atoms with E-state index in [2.05, 4.69) is 4.98 Å². The Kier molecular flexibility index (Phi) is 5.69. The minimum atomic E-state index is -3.56. The van der Waals surface area contributed by atoms with Crippen LogP contribution in [0.5, 0.6) is 0 Å². The number of furan rings is 1. The van der Waals surface area contributed by atoms with Crippen molar-refractivity contribution >= 4 is 42.4 Å². The first-order chi connectivity index (χ1) is 14.4. The van der Waals surface area contributed by atoms with Crippen molar-refractivity contribution in [3.8, 4) is 0 Å². The van der Waals surface area contributed by atoms with E-state index in [1.165, 1.54) is 22.5 Å². The zero-order valence-corrected chi connectivity index (χ0v) is 17.9. The minimum absolute atomic E-state index is 0.146. The first-order valence-corrected chi connectivity index (χ1v) is 11.9. The summed E-state index contributed by atoms with van der Waals surface area (Å²) in [5, 5.41) is 0.519. The van der Waals surface area contributed by atoms with Crippen molar-refractivity contribution in [2.24, 2.45) is 0 Å². The molecule has 0 atom stereocenters. The average molecular weight is 441 g/mol. The molecule has 0 aliphatic rings. The predicted octanol–water partition coefficient (Wildman–Crippen LogP) is 4.59. The zero-order chi connectivity index (χ0) is 21.1. The summed E-state index contributed by atoms with van der Waals surface area (Å²) in [5.74, 6) is 0.0131. The smallest absolute Gasteiger partial charge is 0.230 e. The number of para-hydroxylation sites is 1. The van der Waals surface area contributed by atoms with Crippen molar-refractivity contribution in [3.63, 3.8) is 0 Å². The molecule has 0 radical (unpaired) electrons. The lowest BCUT2D eigenvalue weighted by molar-refractivity contribution is -0.118. The molecule has 0 saturated carbocycles. The lowest BCUT2D eigenvalue weighted by atomic mass is 10.2. The number of hydrogen-bond acceptors (Lipinski definition) is 6. The Labute approximate surface area is 178 Å². The lowest BCUT2D eigenvalue weighted by Crippen LogP contribution is -2.31. The van der Waals surface area contributed by atoms with Gasteiger partial charge in [0, 0.05) is 6.42 Å². The highest BCUT2D eigenvalue weighted by Crippen LogP contribution is 2.30. The first-order valence-electron chi connectivity index (χ1n) is 9.40. The summed E-state index contributed by atoms with van der Waals surface area (Å²) in [6.07, 6.45) is 1.39. The third-order valence-electron chi connectivity index (χ3n) is 4.67. The molecule has 154 valence electrons. The number of carbonyl (C=O) groups excluding carboxylic acids is 1. The SMILES string of the molecule is Cc1ccc(S(=O)(=O)CCC(=O)N(Cc2ccco2)c2nc3ccccc3s2)cc1. The number of benzene rings is 2. The highest BCUT2D eigenvalue weighted by Gasteiger charge is 2.24. The monoisotopic (exact) mass is 440 g/mol. The number of carbonyl (C=O) groups is 1. The molecule has 0 spiro atoms. The fourth-order valence-electron chi connectivity index (χ4n) is 3.02. The number of amides is 1. The van der Waals surface area contributed by atoms with Crippen LogP contribution in [0.15, 0.2) is 76.2 Å². The normalized spacial score (nSPS) is 11.6. The van der Waals surface area contributed by atoms with Crippen LogP contribution in [0.4, 0.5) is 5.13 Å². The highest BCUT2D eigenvalue weighted by atomic mass is 32.2. The minimum Gasteiger partial charge on any atom is -0.467 e. The van der Waals surface area contributed by atoms with Gasteiger partial charge in [-0.05, 0) is 43.3 Å². The fourth-order valence-corrected chi connectivity index (χ4v) is 5.23. The van der Waals surface area contributed by atoms with Crippen LogP contribution in [-0.2, 0) is 21.2 Å². The number of rotatable bonds is 7. The van der Waals surface area contributed by atoms with Gasteiger partial charge >= 0.3 is 0 Å². The van der Waals surface area contributed by atoms with Gasteiger partial charge in [-0.15, -0.1) is 0 Å². The second kappa shape index (κ2) is 8.41. The van der Waals surface area contributed by atoms with Crippen LogP contribution in [0, 0.1) is 6.92 Å². The van der Waals surface area contributed by atoms with Crippen LogP contribution in [-0.4, -0.2) is 25.1 Å². The molecule has 0 unspecified atom stereocenters. The van der Waals surface area contributed by atoms with Gasteiger partial charge in [0.2, 0.25) is 5.91 Å². The molecule has 6 nitrogen and oxygen atoms in total. The van der Waals surface area contributed by atoms with Gasteiger partial charge in [0.15, 0.2) is 15.0 Å². The molecule has 0 bridgehead atoms. The summed E-state index contributed by atoms with van der Waals surface area (Å²) in [5.41, 5.74) is 1.77. The molecule has 0 N–H and O–H groups in total. The van der Waals surface area contributed by atoms with E-state index in [0.717, 1.165) is 15.8 Å². The van der Waals surface area contributed by atoms with Crippen molar-refractivity contribution in [1.29, 1.82) is 0 Å². The largest absolute Gasteiger partial charge is 0.467 e. The Bertz CT molecular complexity index is 1230. The molecular weight excluding hydrogens is 420 g/mol. The van der Waals surface area contributed by atoms with E-state index in [4.69, 9.17) is 4.42 Å². The van der Waals surface area contributed by atoms with Gasteiger partial charge in [-0.1, -0.05) is 41.2 Å². The number of hydrogen-bond donors (Lipinski definition) is 0. The zero-order valence-electron chi connectivity index (χ0n) is 16.3. The number of aromatic nitrogens is 1. The van der Waals surface area contributed by atoms with E-state index in [1.54, 1.807) is 36.4 Å². The van der Waals surface area contributed by atoms with E-state index in [9.17, 15) is 13.2 Å². The molecule has 2 aromatic carbocycles. The van der Waals surface area contributed by atoms with E-state index in [0.29, 0.717) is 10.9 Å². The van der Waals surface area contributed by atoms with Gasteiger partial charge < -0.3 is 4.42 Å². The standard InChI is InChI=1S/C22H20N2O4S2/c1-16-8-10-18(11-9-16)30(26,27)14-12-21(25)24(15-17-5-4-13-28-17)22-23-19-6-2-3-7-20(19)29-22/h2-11,13H,12,14-15H2,1H3. The topological polar surface area (TPSA) is 80.5 Å². The Morgan fingerprint density at radius 1 is 1.07 bits per heavy atom. The van der Waals surface area contributed by atoms with Crippen molar-refractivity contribution in [3.05, 3.63) is 78.3 Å². The van der Waals surface area contributed by atoms with Crippen LogP contribution >= 0.6 is 11.3 Å². The van der Waals surface area contributed by atoms with E-state index in [1.807, 2.05) is 31.2 Å². The number of thiazole rings is 1. The van der Waals surface area contributed by atoms with Gasteiger partial charge in [0.1, 0.15) is 5.76 Å². The summed E-state index contributed by atoms with van der Waals surface area (Å²) >= 11 is 1.39. The quantitative estimate of drug-likeness (QED) is 0.420. The molecule has 8 heteroatoms. The maximum Gasteiger partial charge on any atom is 0.230 e. The molecule has 0 fully saturated rings. The van der Waals surface area contributed by atoms with E-state index < -0.39 is 9.84 Å². The summed E-state index contributed by atoms with van der Waals surface area (Å²) in [4.78, 5) is 19.3. The molecule has 1 amide bonds. The lowest BCUT2D eigenvalue weighted by Gasteiger charge is -2.18. The van der Waals surface area contributed by atoms with Gasteiger partial charge in [0.25, 0.3) is 0 Å². The highest BCUT2D eigenvalue weighted by molar-refractivity contribution is 7.91. The van der Waals surface area contributed by atoms with Crippen molar-refractivity contribution in [2.75, 3.05) is 10.7 Å². The maximum atomic E-state index is 13.1. The van der Waals surface area contributed by atoms with Crippen molar-refractivity contribution < 1.29 is 17.6 Å². The number of fused-ring (bicyclic) bond motifs is 1. The van der Waals surface area contributed by atoms with Crippen LogP contribution in [0.3, 0.4) is 0 Å². The molecule has 2 aromatic heterocycles. The Morgan fingerprint density at radius 2 is 1.83 bits per heavy atom. The van der Waals surface area contributed by atoms with Gasteiger partial charge in [-0.2, -0.15) is 0 Å². The molecular formula is C22H20N2O4S2. The number of sulfone groups is 1. The van der Waals surface area contributed by atoms with Crippen LogP contribution in [0.1, 0.15) is 17.7 Å². The summed E-state index contributed by atoms with van der Waals surface area (Å²) < 4.78 is 31.7. The van der Waals surface area contributed by atoms with Crippen LogP contribution in [0.2, 0.25) is 0 Å². The fraction of sp³-hybridized carbons (Fsp3) is 0.182. The van der Waals surface area contributed by atoms with Crippen molar-refractivity contribution in [1.82, 2.24) is 4.98 Å². The molecule has 4 rings (SSSR count). The third kappa shape index (κ3) is 4.44. The second-order valence-corrected chi connectivity index (χ2v) is 10.0.